The first-order chi connectivity index (χ1) is 8.65. The minimum Gasteiger partial charge on any atom is -0.352 e. The average molecular weight is 263 g/mol. The lowest BCUT2D eigenvalue weighted by Gasteiger charge is -2.03. The number of nitrogens with zero attached hydrogens (tertiary/aromatic N) is 1. The first kappa shape index (κ1) is 12.5. The average Bonchev–Trinajstić information content (AvgIpc) is 2.76. The molecule has 2 rings (SSSR count). The van der Waals surface area contributed by atoms with E-state index in [1.165, 1.54) is 18.3 Å². The van der Waals surface area contributed by atoms with Crippen LogP contribution in [0.3, 0.4) is 0 Å². The summed E-state index contributed by atoms with van der Waals surface area (Å²) < 4.78 is 0. The van der Waals surface area contributed by atoms with Crippen molar-refractivity contribution in [2.45, 2.75) is 13.3 Å². The van der Waals surface area contributed by atoms with Gasteiger partial charge in [-0.05, 0) is 13.0 Å². The number of hydrogen-bond donors (Lipinski definition) is 2. The smallest absolute Gasteiger partial charge is 0.252 e. The fourth-order valence-corrected chi connectivity index (χ4v) is 2.13. The van der Waals surface area contributed by atoms with E-state index in [2.05, 4.69) is 15.3 Å². The van der Waals surface area contributed by atoms with E-state index in [4.69, 9.17) is 0 Å². The Kier molecular flexibility index (Phi) is 3.88. The van der Waals surface area contributed by atoms with Crippen molar-refractivity contribution in [2.75, 3.05) is 6.54 Å². The van der Waals surface area contributed by atoms with E-state index in [0.717, 1.165) is 10.7 Å². The van der Waals surface area contributed by atoms with Crippen LogP contribution in [0.15, 0.2) is 28.5 Å². The highest BCUT2D eigenvalue weighted by Gasteiger charge is 2.05. The van der Waals surface area contributed by atoms with Crippen LogP contribution in [-0.4, -0.2) is 22.4 Å². The van der Waals surface area contributed by atoms with Crippen molar-refractivity contribution < 1.29 is 4.79 Å². The van der Waals surface area contributed by atoms with Gasteiger partial charge >= 0.3 is 0 Å². The number of carbonyl (C=O) groups excluding carboxylic acids is 1. The number of aromatic nitrogens is 2. The molecule has 0 aromatic carbocycles. The summed E-state index contributed by atoms with van der Waals surface area (Å²) >= 11 is 1.60. The fraction of sp³-hybridized carbons (Fsp3) is 0.250. The maximum atomic E-state index is 11.7. The van der Waals surface area contributed by atoms with Crippen molar-refractivity contribution in [1.82, 2.24) is 15.3 Å². The van der Waals surface area contributed by atoms with Gasteiger partial charge in [-0.2, -0.15) is 0 Å². The van der Waals surface area contributed by atoms with Gasteiger partial charge in [0.2, 0.25) is 5.56 Å². The third-order valence-corrected chi connectivity index (χ3v) is 3.20. The highest BCUT2D eigenvalue weighted by Crippen LogP contribution is 2.07. The molecule has 0 atom stereocenters. The van der Waals surface area contributed by atoms with Crippen LogP contribution in [0.25, 0.3) is 0 Å². The molecule has 1 amide bonds. The Morgan fingerprint density at radius 3 is 2.94 bits per heavy atom. The zero-order chi connectivity index (χ0) is 13.0. The molecule has 2 aromatic heterocycles. The summed E-state index contributed by atoms with van der Waals surface area (Å²) in [5, 5.41) is 5.79. The molecular weight excluding hydrogens is 250 g/mol. The van der Waals surface area contributed by atoms with E-state index in [9.17, 15) is 9.59 Å². The van der Waals surface area contributed by atoms with Gasteiger partial charge in [-0.1, -0.05) is 0 Å². The highest BCUT2D eigenvalue weighted by atomic mass is 32.1. The molecule has 5 nitrogen and oxygen atoms in total. The van der Waals surface area contributed by atoms with Crippen LogP contribution in [0.1, 0.15) is 21.1 Å². The van der Waals surface area contributed by atoms with Crippen LogP contribution in [-0.2, 0) is 6.42 Å². The minimum absolute atomic E-state index is 0.196. The SMILES string of the molecule is Cc1nc(CCNC(=O)c2ccc(=O)[nH]c2)cs1. The Morgan fingerprint density at radius 1 is 1.50 bits per heavy atom. The summed E-state index contributed by atoms with van der Waals surface area (Å²) in [6, 6.07) is 2.83. The van der Waals surface area contributed by atoms with Crippen LogP contribution < -0.4 is 10.9 Å². The van der Waals surface area contributed by atoms with E-state index < -0.39 is 0 Å². The van der Waals surface area contributed by atoms with Gasteiger partial charge in [0.1, 0.15) is 0 Å². The molecule has 0 spiro atoms. The van der Waals surface area contributed by atoms with Crippen LogP contribution in [0.5, 0.6) is 0 Å². The maximum Gasteiger partial charge on any atom is 0.252 e. The van der Waals surface area contributed by atoms with Crippen molar-refractivity contribution in [2.24, 2.45) is 0 Å². The van der Waals surface area contributed by atoms with Gasteiger partial charge < -0.3 is 10.3 Å². The van der Waals surface area contributed by atoms with Crippen LogP contribution in [0, 0.1) is 6.92 Å². The molecule has 0 saturated heterocycles. The van der Waals surface area contributed by atoms with Crippen molar-refractivity contribution in [3.8, 4) is 0 Å². The summed E-state index contributed by atoms with van der Waals surface area (Å²) in [5.74, 6) is -0.196. The molecule has 6 heteroatoms. The number of amides is 1. The zero-order valence-corrected chi connectivity index (χ0v) is 10.7. The quantitative estimate of drug-likeness (QED) is 0.867. The molecule has 2 heterocycles. The summed E-state index contributed by atoms with van der Waals surface area (Å²) in [4.78, 5) is 29.3. The van der Waals surface area contributed by atoms with E-state index in [1.807, 2.05) is 12.3 Å². The lowest BCUT2D eigenvalue weighted by molar-refractivity contribution is 0.0953. The second kappa shape index (κ2) is 5.59. The monoisotopic (exact) mass is 263 g/mol. The second-order valence-electron chi connectivity index (χ2n) is 3.81. The number of carbonyl (C=O) groups is 1. The molecule has 2 N–H and O–H groups in total. The van der Waals surface area contributed by atoms with Crippen molar-refractivity contribution in [3.05, 3.63) is 50.3 Å². The van der Waals surface area contributed by atoms with E-state index in [0.29, 0.717) is 18.5 Å². The summed E-state index contributed by atoms with van der Waals surface area (Å²) in [6.07, 6.45) is 2.12. The normalized spacial score (nSPS) is 10.3. The Morgan fingerprint density at radius 2 is 2.33 bits per heavy atom. The number of hydrogen-bond acceptors (Lipinski definition) is 4. The predicted octanol–water partition coefficient (Wildman–Crippen LogP) is 1.11. The molecule has 0 aliphatic carbocycles. The molecule has 0 bridgehead atoms. The van der Waals surface area contributed by atoms with E-state index in [-0.39, 0.29) is 11.5 Å². The van der Waals surface area contributed by atoms with Crippen LogP contribution in [0.2, 0.25) is 0 Å². The van der Waals surface area contributed by atoms with Crippen molar-refractivity contribution in [1.29, 1.82) is 0 Å². The Bertz CT molecular complexity index is 583. The van der Waals surface area contributed by atoms with E-state index in [1.54, 1.807) is 11.3 Å². The minimum atomic E-state index is -0.218. The molecule has 0 unspecified atom stereocenters. The summed E-state index contributed by atoms with van der Waals surface area (Å²) in [7, 11) is 0. The topological polar surface area (TPSA) is 74.8 Å². The standard InChI is InChI=1S/C12H13N3O2S/c1-8-15-10(7-18-8)4-5-13-12(17)9-2-3-11(16)14-6-9/h2-3,6-7H,4-5H2,1H3,(H,13,17)(H,14,16). The molecular formula is C12H13N3O2S. The number of rotatable bonds is 4. The number of H-pyrrole nitrogens is 1. The first-order valence-corrected chi connectivity index (χ1v) is 6.41. The number of thiazole rings is 1. The lowest BCUT2D eigenvalue weighted by atomic mass is 10.2. The van der Waals surface area contributed by atoms with E-state index >= 15 is 0 Å². The van der Waals surface area contributed by atoms with Gasteiger partial charge in [-0.15, -0.1) is 11.3 Å². The van der Waals surface area contributed by atoms with Gasteiger partial charge in [-0.3, -0.25) is 9.59 Å². The molecule has 18 heavy (non-hydrogen) atoms. The maximum absolute atomic E-state index is 11.7. The van der Waals surface area contributed by atoms with Crippen LogP contribution >= 0.6 is 11.3 Å². The third-order valence-electron chi connectivity index (χ3n) is 2.38. The molecule has 0 radical (unpaired) electrons. The Balaban J connectivity index is 1.85. The molecule has 0 saturated carbocycles. The molecule has 0 aliphatic heterocycles. The largest absolute Gasteiger partial charge is 0.352 e. The molecule has 2 aromatic rings. The summed E-state index contributed by atoms with van der Waals surface area (Å²) in [5.41, 5.74) is 1.22. The molecule has 0 fully saturated rings. The zero-order valence-electron chi connectivity index (χ0n) is 9.90. The third kappa shape index (κ3) is 3.27. The lowest BCUT2D eigenvalue weighted by Crippen LogP contribution is -2.26. The van der Waals surface area contributed by atoms with Crippen LogP contribution in [0.4, 0.5) is 0 Å². The van der Waals surface area contributed by atoms with Crippen molar-refractivity contribution >= 4 is 17.2 Å². The molecule has 0 aliphatic rings. The Hall–Kier alpha value is -1.95. The van der Waals surface area contributed by atoms with Gasteiger partial charge in [-0.25, -0.2) is 4.98 Å². The van der Waals surface area contributed by atoms with Gasteiger partial charge in [0.15, 0.2) is 0 Å². The van der Waals surface area contributed by atoms with Gasteiger partial charge in [0.05, 0.1) is 16.3 Å². The Labute approximate surface area is 108 Å². The number of pyridine rings is 1. The number of aromatic amines is 1. The first-order valence-electron chi connectivity index (χ1n) is 5.53. The van der Waals surface area contributed by atoms with Gasteiger partial charge in [0.25, 0.3) is 5.91 Å². The second-order valence-corrected chi connectivity index (χ2v) is 4.87. The predicted molar refractivity (Wildman–Crippen MR) is 70.0 cm³/mol. The van der Waals surface area contributed by atoms with Gasteiger partial charge in [0, 0.05) is 30.6 Å². The number of aryl methyl sites for hydroxylation is 1. The van der Waals surface area contributed by atoms with Crippen molar-refractivity contribution in [3.63, 3.8) is 0 Å². The fourth-order valence-electron chi connectivity index (χ4n) is 1.48. The number of nitrogens with one attached hydrogen (secondary N) is 2. The highest BCUT2D eigenvalue weighted by molar-refractivity contribution is 7.09. The molecule has 94 valence electrons. The summed E-state index contributed by atoms with van der Waals surface area (Å²) in [6.45, 7) is 2.48.